The molecule has 1 heterocycles. The lowest BCUT2D eigenvalue weighted by atomic mass is 9.96. The maximum Gasteiger partial charge on any atom is 0.226 e. The van der Waals surface area contributed by atoms with Gasteiger partial charge in [0.2, 0.25) is 5.91 Å². The molecule has 0 spiro atoms. The molecule has 0 aromatic rings. The van der Waals surface area contributed by atoms with E-state index in [1.165, 1.54) is 25.7 Å². The van der Waals surface area contributed by atoms with Crippen molar-refractivity contribution < 1.29 is 4.79 Å². The van der Waals surface area contributed by atoms with E-state index in [1.54, 1.807) is 0 Å². The van der Waals surface area contributed by atoms with Gasteiger partial charge in [0.25, 0.3) is 0 Å². The topological polar surface area (TPSA) is 32.3 Å². The number of nitrogens with zero attached hydrogens (tertiary/aromatic N) is 1. The zero-order valence-corrected chi connectivity index (χ0v) is 10.5. The first-order valence-electron chi connectivity index (χ1n) is 6.69. The fourth-order valence-corrected chi connectivity index (χ4v) is 3.30. The van der Waals surface area contributed by atoms with E-state index in [0.29, 0.717) is 23.8 Å². The van der Waals surface area contributed by atoms with Gasteiger partial charge in [-0.15, -0.1) is 0 Å². The Morgan fingerprint density at radius 2 is 2.12 bits per heavy atom. The van der Waals surface area contributed by atoms with Gasteiger partial charge in [0.1, 0.15) is 0 Å². The van der Waals surface area contributed by atoms with Gasteiger partial charge in [0, 0.05) is 25.0 Å². The molecule has 3 heteroatoms. The third kappa shape index (κ3) is 2.24. The highest BCUT2D eigenvalue weighted by Crippen LogP contribution is 2.34. The Hall–Kier alpha value is -0.570. The van der Waals surface area contributed by atoms with E-state index in [2.05, 4.69) is 17.1 Å². The normalized spacial score (nSPS) is 34.6. The average Bonchev–Trinajstić information content (AvgIpc) is 2.87. The van der Waals surface area contributed by atoms with Crippen molar-refractivity contribution in [1.29, 1.82) is 0 Å². The molecule has 3 nitrogen and oxygen atoms in total. The van der Waals surface area contributed by atoms with Crippen LogP contribution in [0.15, 0.2) is 0 Å². The number of likely N-dealkylation sites (N-methyl/N-ethyl adjacent to an activating group) is 1. The van der Waals surface area contributed by atoms with Crippen molar-refractivity contribution in [3.63, 3.8) is 0 Å². The Bertz CT molecular complexity index is 254. The van der Waals surface area contributed by atoms with Crippen molar-refractivity contribution in [3.05, 3.63) is 0 Å². The number of likely N-dealkylation sites (tertiary alicyclic amines) is 1. The van der Waals surface area contributed by atoms with Crippen LogP contribution < -0.4 is 5.32 Å². The second kappa shape index (κ2) is 5.17. The minimum absolute atomic E-state index is 0.317. The first-order chi connectivity index (χ1) is 7.74. The summed E-state index contributed by atoms with van der Waals surface area (Å²) >= 11 is 0. The fourth-order valence-electron chi connectivity index (χ4n) is 3.30. The molecule has 1 aliphatic heterocycles. The van der Waals surface area contributed by atoms with Gasteiger partial charge in [-0.05, 0) is 38.6 Å². The van der Waals surface area contributed by atoms with Crippen molar-refractivity contribution in [2.24, 2.45) is 11.8 Å². The van der Waals surface area contributed by atoms with Gasteiger partial charge in [-0.3, -0.25) is 4.79 Å². The van der Waals surface area contributed by atoms with Gasteiger partial charge in [-0.1, -0.05) is 13.3 Å². The summed E-state index contributed by atoms with van der Waals surface area (Å²) in [6.07, 6.45) is 5.94. The van der Waals surface area contributed by atoms with Crippen LogP contribution in [0.1, 0.15) is 39.0 Å². The standard InChI is InChI=1S/C13H24N2O/c1-10-5-3-7-12(10)13(16)15-8-4-6-11(15)9-14-2/h10-12,14H,3-9H2,1-2H3. The Morgan fingerprint density at radius 3 is 2.75 bits per heavy atom. The molecule has 2 fully saturated rings. The van der Waals surface area contributed by atoms with Crippen LogP contribution in [0.4, 0.5) is 0 Å². The quantitative estimate of drug-likeness (QED) is 0.790. The van der Waals surface area contributed by atoms with Gasteiger partial charge in [-0.25, -0.2) is 0 Å². The maximum atomic E-state index is 12.4. The van der Waals surface area contributed by atoms with Gasteiger partial charge in [0.05, 0.1) is 0 Å². The summed E-state index contributed by atoms with van der Waals surface area (Å²) in [5, 5.41) is 3.20. The molecule has 1 saturated heterocycles. The minimum atomic E-state index is 0.317. The van der Waals surface area contributed by atoms with Crippen molar-refractivity contribution in [2.45, 2.75) is 45.1 Å². The fraction of sp³-hybridized carbons (Fsp3) is 0.923. The summed E-state index contributed by atoms with van der Waals surface area (Å²) < 4.78 is 0. The monoisotopic (exact) mass is 224 g/mol. The predicted molar refractivity (Wildman–Crippen MR) is 65.2 cm³/mol. The number of amides is 1. The van der Waals surface area contributed by atoms with E-state index in [0.717, 1.165) is 19.5 Å². The van der Waals surface area contributed by atoms with Gasteiger partial charge in [0.15, 0.2) is 0 Å². The Balaban J connectivity index is 1.97. The summed E-state index contributed by atoms with van der Waals surface area (Å²) in [4.78, 5) is 14.6. The van der Waals surface area contributed by atoms with Gasteiger partial charge >= 0.3 is 0 Å². The van der Waals surface area contributed by atoms with Crippen molar-refractivity contribution in [2.75, 3.05) is 20.1 Å². The maximum absolute atomic E-state index is 12.4. The van der Waals surface area contributed by atoms with Gasteiger partial charge in [-0.2, -0.15) is 0 Å². The van der Waals surface area contributed by atoms with Gasteiger partial charge < -0.3 is 10.2 Å². The average molecular weight is 224 g/mol. The molecule has 2 aliphatic rings. The summed E-state index contributed by atoms with van der Waals surface area (Å²) in [5.41, 5.74) is 0. The van der Waals surface area contributed by atoms with E-state index in [-0.39, 0.29) is 0 Å². The molecular weight excluding hydrogens is 200 g/mol. The third-order valence-corrected chi connectivity index (χ3v) is 4.28. The van der Waals surface area contributed by atoms with Crippen LogP contribution in [0.2, 0.25) is 0 Å². The second-order valence-electron chi connectivity index (χ2n) is 5.40. The van der Waals surface area contributed by atoms with Crippen molar-refractivity contribution in [3.8, 4) is 0 Å². The van der Waals surface area contributed by atoms with E-state index in [4.69, 9.17) is 0 Å². The zero-order valence-electron chi connectivity index (χ0n) is 10.5. The van der Waals surface area contributed by atoms with Crippen LogP contribution in [-0.4, -0.2) is 37.0 Å². The summed E-state index contributed by atoms with van der Waals surface area (Å²) in [7, 11) is 1.97. The van der Waals surface area contributed by atoms with Crippen LogP contribution >= 0.6 is 0 Å². The highest BCUT2D eigenvalue weighted by Gasteiger charge is 2.36. The lowest BCUT2D eigenvalue weighted by molar-refractivity contribution is -0.137. The van der Waals surface area contributed by atoms with E-state index in [9.17, 15) is 4.79 Å². The SMILES string of the molecule is CNCC1CCCN1C(=O)C1CCCC1C. The number of hydrogen-bond acceptors (Lipinski definition) is 2. The van der Waals surface area contributed by atoms with Crippen molar-refractivity contribution >= 4 is 5.91 Å². The van der Waals surface area contributed by atoms with Crippen LogP contribution in [0, 0.1) is 11.8 Å². The van der Waals surface area contributed by atoms with E-state index in [1.807, 2.05) is 7.05 Å². The lowest BCUT2D eigenvalue weighted by Gasteiger charge is -2.28. The summed E-state index contributed by atoms with van der Waals surface area (Å²) in [5.74, 6) is 1.35. The third-order valence-electron chi connectivity index (χ3n) is 4.28. The zero-order chi connectivity index (χ0) is 11.5. The largest absolute Gasteiger partial charge is 0.338 e. The molecule has 0 aromatic heterocycles. The highest BCUT2D eigenvalue weighted by atomic mass is 16.2. The van der Waals surface area contributed by atoms with Crippen LogP contribution in [0.3, 0.4) is 0 Å². The van der Waals surface area contributed by atoms with E-state index >= 15 is 0 Å². The van der Waals surface area contributed by atoms with Crippen molar-refractivity contribution in [1.82, 2.24) is 10.2 Å². The van der Waals surface area contributed by atoms with Crippen LogP contribution in [-0.2, 0) is 4.79 Å². The summed E-state index contributed by atoms with van der Waals surface area (Å²) in [6.45, 7) is 4.17. The molecule has 16 heavy (non-hydrogen) atoms. The second-order valence-corrected chi connectivity index (χ2v) is 5.40. The first kappa shape index (κ1) is 11.9. The molecule has 1 aliphatic carbocycles. The number of carbonyl (C=O) groups is 1. The lowest BCUT2D eigenvalue weighted by Crippen LogP contribution is -2.44. The number of carbonyl (C=O) groups excluding carboxylic acids is 1. The smallest absolute Gasteiger partial charge is 0.226 e. The summed E-state index contributed by atoms with van der Waals surface area (Å²) in [6, 6.07) is 0.449. The van der Waals surface area contributed by atoms with E-state index < -0.39 is 0 Å². The predicted octanol–water partition coefficient (Wildman–Crippen LogP) is 1.63. The Kier molecular flexibility index (Phi) is 3.85. The minimum Gasteiger partial charge on any atom is -0.338 e. The molecule has 0 aromatic carbocycles. The molecule has 1 saturated carbocycles. The molecule has 3 atom stereocenters. The molecule has 92 valence electrons. The first-order valence-corrected chi connectivity index (χ1v) is 6.69. The molecular formula is C13H24N2O. The van der Waals surface area contributed by atoms with Crippen LogP contribution in [0.5, 0.6) is 0 Å². The molecule has 0 radical (unpaired) electrons. The Labute approximate surface area is 98.6 Å². The molecule has 0 bridgehead atoms. The molecule has 2 rings (SSSR count). The molecule has 1 amide bonds. The Morgan fingerprint density at radius 1 is 1.31 bits per heavy atom. The molecule has 1 N–H and O–H groups in total. The highest BCUT2D eigenvalue weighted by molar-refractivity contribution is 5.80. The van der Waals surface area contributed by atoms with Crippen LogP contribution in [0.25, 0.3) is 0 Å². The number of hydrogen-bond donors (Lipinski definition) is 1. The number of rotatable bonds is 3. The molecule has 3 unspecified atom stereocenters. The number of nitrogens with one attached hydrogen (secondary N) is 1.